The average Bonchev–Trinajstić information content (AvgIpc) is 1.58. The van der Waals surface area contributed by atoms with Crippen molar-refractivity contribution >= 4 is 134 Å². The number of hydrogen-bond acceptors (Lipinski definition) is 15. The van der Waals surface area contributed by atoms with Crippen LogP contribution in [-0.4, -0.2) is 259 Å². The molecule has 11 N–H and O–H groups in total. The zero-order valence-electron chi connectivity index (χ0n) is 81.7. The Bertz CT molecular complexity index is 6970. The van der Waals surface area contributed by atoms with Crippen molar-refractivity contribution in [3.05, 3.63) is 280 Å². The number of likely N-dealkylation sites (N-methyl/N-ethyl adjacent to an activating group) is 4. The number of carbonyl (C=O) groups is 9. The van der Waals surface area contributed by atoms with E-state index in [1.807, 2.05) is 139 Å². The smallest absolute Gasteiger partial charge is 0.256 e. The van der Waals surface area contributed by atoms with Gasteiger partial charge in [0.15, 0.2) is 11.6 Å². The maximum atomic E-state index is 15.0. The summed E-state index contributed by atoms with van der Waals surface area (Å²) in [6.45, 7) is 15.9. The van der Waals surface area contributed by atoms with Gasteiger partial charge in [0.05, 0.1) is 55.9 Å². The molecule has 9 amide bonds. The molecule has 8 aliphatic rings. The molecular weight excluding hydrogens is 1820 g/mol. The third-order valence-corrected chi connectivity index (χ3v) is 26.9. The molecule has 738 valence electrons. The number of amides is 9. The number of benzene rings is 7. The van der Waals surface area contributed by atoms with E-state index >= 15 is 4.39 Å². The highest BCUT2D eigenvalue weighted by atomic mass is 19.2. The third-order valence-electron chi connectivity index (χ3n) is 26.9. The molecule has 0 unspecified atom stereocenters. The van der Waals surface area contributed by atoms with Gasteiger partial charge in [-0.25, -0.2) is 22.0 Å². The summed E-state index contributed by atoms with van der Waals surface area (Å²) in [5.41, 5.74) is 22.2. The van der Waals surface area contributed by atoms with Gasteiger partial charge in [0, 0.05) is 181 Å². The normalized spacial score (nSPS) is 16.4. The number of aliphatic hydroxyl groups excluding tert-OH is 1. The van der Waals surface area contributed by atoms with Gasteiger partial charge in [-0.3, -0.25) is 43.2 Å². The molecule has 0 radical (unpaired) electrons. The fourth-order valence-electron chi connectivity index (χ4n) is 19.3. The number of aromatic nitrogens is 4. The Labute approximate surface area is 820 Å². The maximum Gasteiger partial charge on any atom is 0.256 e. The lowest BCUT2D eigenvalue weighted by molar-refractivity contribution is -0.119. The molecule has 0 bridgehead atoms. The number of rotatable bonds is 23. The Balaban J connectivity index is 0.000000136. The highest BCUT2D eigenvalue weighted by molar-refractivity contribution is 6.38. The molecule has 12 heterocycles. The van der Waals surface area contributed by atoms with Crippen molar-refractivity contribution < 1.29 is 70.2 Å². The van der Waals surface area contributed by atoms with Crippen LogP contribution in [0.1, 0.15) is 163 Å². The second-order valence-electron chi connectivity index (χ2n) is 37.8. The fourth-order valence-corrected chi connectivity index (χ4v) is 19.3. The van der Waals surface area contributed by atoms with E-state index in [1.165, 1.54) is 42.5 Å². The van der Waals surface area contributed by atoms with Crippen LogP contribution in [0.25, 0.3) is 68.9 Å². The lowest BCUT2D eigenvalue weighted by Gasteiger charge is -2.23. The largest absolute Gasteiger partial charge is 0.387 e. The zero-order valence-corrected chi connectivity index (χ0v) is 81.7. The first-order valence-electron chi connectivity index (χ1n) is 47.7. The number of carbonyl (C=O) groups excluding carboxylic acids is 9. The van der Waals surface area contributed by atoms with E-state index < -0.39 is 30.0 Å². The van der Waals surface area contributed by atoms with Crippen LogP contribution >= 0.6 is 0 Å². The Morgan fingerprint density at radius 2 is 0.761 bits per heavy atom. The monoisotopic (exact) mass is 1930 g/mol. The molecule has 142 heavy (non-hydrogen) atoms. The number of anilines is 6. The highest BCUT2D eigenvalue weighted by Gasteiger charge is 2.38. The van der Waals surface area contributed by atoms with E-state index in [4.69, 9.17) is 5.11 Å². The molecule has 0 saturated carbocycles. The molecule has 4 aromatic heterocycles. The molecule has 11 aromatic rings. The first-order chi connectivity index (χ1) is 68.1. The van der Waals surface area contributed by atoms with Gasteiger partial charge in [0.25, 0.3) is 47.3 Å². The van der Waals surface area contributed by atoms with Crippen molar-refractivity contribution in [3.8, 4) is 22.3 Å². The molecule has 33 heteroatoms. The number of nitrogens with one attached hydrogen (secondary N) is 10. The number of nitrogens with zero attached hydrogens (tertiary/aromatic N) is 8. The van der Waals surface area contributed by atoms with Crippen LogP contribution < -0.4 is 31.9 Å². The van der Waals surface area contributed by atoms with Crippen molar-refractivity contribution in [2.75, 3.05) is 173 Å². The van der Waals surface area contributed by atoms with Crippen molar-refractivity contribution in [2.24, 2.45) is 0 Å². The number of aliphatic hydroxyl groups is 1. The van der Waals surface area contributed by atoms with Gasteiger partial charge < -0.3 is 96.1 Å². The summed E-state index contributed by atoms with van der Waals surface area (Å²) in [7, 11) is 15.9. The second kappa shape index (κ2) is 43.1. The van der Waals surface area contributed by atoms with Gasteiger partial charge in [-0.05, 0) is 277 Å². The van der Waals surface area contributed by atoms with Gasteiger partial charge in [-0.1, -0.05) is 60.7 Å². The Kier molecular flexibility index (Phi) is 30.3. The van der Waals surface area contributed by atoms with E-state index in [-0.39, 0.29) is 70.1 Å². The van der Waals surface area contributed by atoms with Crippen LogP contribution in [0.3, 0.4) is 0 Å². The van der Waals surface area contributed by atoms with Gasteiger partial charge in [-0.2, -0.15) is 0 Å². The van der Waals surface area contributed by atoms with Gasteiger partial charge in [0.1, 0.15) is 24.1 Å². The van der Waals surface area contributed by atoms with Crippen LogP contribution in [0.5, 0.6) is 0 Å². The topological polar surface area (TPSA) is 335 Å². The van der Waals surface area contributed by atoms with E-state index in [1.54, 1.807) is 78.9 Å². The minimum atomic E-state index is -0.962. The summed E-state index contributed by atoms with van der Waals surface area (Å²) in [6, 6.07) is 35.0. The lowest BCUT2D eigenvalue weighted by atomic mass is 9.93. The van der Waals surface area contributed by atoms with Crippen molar-refractivity contribution in [2.45, 2.75) is 85.6 Å². The third kappa shape index (κ3) is 21.5. The number of H-pyrrole nitrogens is 4. The Hall–Kier alpha value is -14.9. The average molecular weight is 1930 g/mol. The molecule has 8 aliphatic heterocycles. The summed E-state index contributed by atoms with van der Waals surface area (Å²) in [4.78, 5) is 146. The van der Waals surface area contributed by atoms with Crippen LogP contribution in [0.2, 0.25) is 0 Å². The van der Waals surface area contributed by atoms with Gasteiger partial charge in [-0.15, -0.1) is 0 Å². The molecule has 0 saturated heterocycles. The quantitative estimate of drug-likeness (QED) is 0.0209. The van der Waals surface area contributed by atoms with E-state index in [2.05, 4.69) is 66.5 Å². The predicted molar refractivity (Wildman–Crippen MR) is 545 cm³/mol. The zero-order chi connectivity index (χ0) is 101. The first kappa shape index (κ1) is 100. The standard InChI is InChI=1S/C29H31F2N5O2.C28H28F2N4O2.C28H29FN4O2.C24H29N5O4/c1-17-24(33-23-5-4-10-36(12-11-35(2)3)29(38)27(17)23)14-21-20-13-22(31)26(15-25(20)34-28(21)37)32-16-18-6-8-19(30)9-7-18;1-16-23(31-21-11-6-12-34(14-13-33(2)3)28(36)24(16)21)15-19-25-17(7-5-10-22(25)32-27(19)35)18-8-4-9-20(29)26(18)30;1-17-24(30-22-11-6-12-33(14-13-32(2)3)28(35)25(17)22)16-21-26-20(18-7-4-8-19(29)15-18)9-5-10-23(26)31-27(21)34;1-14-20(26-19-5-4-8-29(10-9-28(2)3)24(33)22(14)19)12-17-16-11-15(25-21(31)13-30)6-7-18(16)27-23(17)32/h6-9,13-15,32-33H,4-5,10-12,16H2,1-3H3,(H,34,37);4-5,7-10,15,31H,6,11-14H2,1-3H3,(H,32,35);4-5,7-10,15-16,30H,6,11-14H2,1-3H3,(H,31,34);6-7,11-12,26,30H,4-5,8-10,13H2,1-3H3,(H,25,31)(H,27,32)/b21-14-;19-15-;21-16-;17-12-. The molecule has 0 spiro atoms. The van der Waals surface area contributed by atoms with Crippen LogP contribution in [-0.2, 0) is 56.2 Å². The molecule has 0 atom stereocenters. The number of aromatic amines is 4. The minimum Gasteiger partial charge on any atom is -0.387 e. The minimum absolute atomic E-state index is 0.00283. The van der Waals surface area contributed by atoms with Crippen LogP contribution in [0.15, 0.2) is 133 Å². The highest BCUT2D eigenvalue weighted by Crippen LogP contribution is 2.46. The molecule has 19 rings (SSSR count). The van der Waals surface area contributed by atoms with Crippen molar-refractivity contribution in [1.82, 2.24) is 59.1 Å². The summed E-state index contributed by atoms with van der Waals surface area (Å²) >= 11 is 0. The van der Waals surface area contributed by atoms with E-state index in [9.17, 15) is 60.7 Å². The molecular formula is C109H117F5N18O10. The Morgan fingerprint density at radius 3 is 1.19 bits per heavy atom. The first-order valence-corrected chi connectivity index (χ1v) is 47.7. The number of halogens is 5. The number of aryl methyl sites for hydroxylation is 4. The molecule has 0 fully saturated rings. The molecule has 0 aliphatic carbocycles. The lowest BCUT2D eigenvalue weighted by Crippen LogP contribution is -2.36. The van der Waals surface area contributed by atoms with E-state index in [0.29, 0.717) is 158 Å². The molecule has 28 nitrogen and oxygen atoms in total. The number of hydrogen-bond donors (Lipinski definition) is 11. The van der Waals surface area contributed by atoms with E-state index in [0.717, 1.165) is 170 Å². The van der Waals surface area contributed by atoms with Crippen molar-refractivity contribution in [1.29, 1.82) is 0 Å². The SMILES string of the molecule is Cc1c(/C=C2\C(=O)Nc3cc(NCc4ccc(F)cc4)c(F)cc32)[nH]c2c1C(=O)N(CCN(C)C)CCC2.Cc1c(/C=C2\C(=O)Nc3ccc(NC(=O)CO)cc32)[nH]c2c1C(=O)N(CCN(C)C)CCC2.Cc1c(/C=C2\C(=O)Nc3cccc(-c4cccc(F)c4)c32)[nH]c2c1C(=O)N(CCN(C)C)CCC2.Cc1c(/C=C2\C(=O)Nc3cccc(-c4cccc(F)c4F)c32)[nH]c2c1C(=O)N(CCN(C)C)CCC2. The van der Waals surface area contributed by atoms with Gasteiger partial charge >= 0.3 is 0 Å². The summed E-state index contributed by atoms with van der Waals surface area (Å²) < 4.78 is 70.9. The van der Waals surface area contributed by atoms with Crippen molar-refractivity contribution in [3.63, 3.8) is 0 Å². The summed E-state index contributed by atoms with van der Waals surface area (Å²) in [6.07, 6.45) is 13.5. The van der Waals surface area contributed by atoms with Gasteiger partial charge in [0.2, 0.25) is 5.91 Å². The van der Waals surface area contributed by atoms with Crippen LogP contribution in [0, 0.1) is 56.8 Å². The Morgan fingerprint density at radius 1 is 0.380 bits per heavy atom. The number of fused-ring (bicyclic) bond motifs is 8. The fraction of sp³-hybridized carbons (Fsp3) is 0.312. The predicted octanol–water partition coefficient (Wildman–Crippen LogP) is 15.6. The summed E-state index contributed by atoms with van der Waals surface area (Å²) in [5.74, 6) is -4.70. The maximum absolute atomic E-state index is 15.0. The summed E-state index contributed by atoms with van der Waals surface area (Å²) in [5, 5.41) is 26.0. The van der Waals surface area contributed by atoms with Crippen LogP contribution in [0.4, 0.5) is 56.1 Å². The molecule has 7 aromatic carbocycles. The second-order valence-corrected chi connectivity index (χ2v) is 37.8.